The van der Waals surface area contributed by atoms with E-state index in [0.717, 1.165) is 36.6 Å². The van der Waals surface area contributed by atoms with Crippen LogP contribution < -0.4 is 11.1 Å². The third kappa shape index (κ3) is 5.37. The maximum atomic E-state index is 11.0. The Kier molecular flexibility index (Phi) is 7.48. The number of pyridine rings is 1. The van der Waals surface area contributed by atoms with Crippen LogP contribution in [-0.4, -0.2) is 64.2 Å². The van der Waals surface area contributed by atoms with Gasteiger partial charge in [0.05, 0.1) is 6.20 Å². The van der Waals surface area contributed by atoms with Crippen molar-refractivity contribution in [2.24, 2.45) is 5.73 Å². The summed E-state index contributed by atoms with van der Waals surface area (Å²) in [4.78, 5) is 23.7. The van der Waals surface area contributed by atoms with E-state index >= 15 is 0 Å². The Balaban J connectivity index is 0.00000126. The number of nitriles is 1. The third-order valence-corrected chi connectivity index (χ3v) is 5.01. The highest BCUT2D eigenvalue weighted by atomic mass is 32.1. The summed E-state index contributed by atoms with van der Waals surface area (Å²) in [7, 11) is 1.50. The molecular weight excluding hydrogens is 366 g/mol. The van der Waals surface area contributed by atoms with Crippen LogP contribution in [0.2, 0.25) is 0 Å². The van der Waals surface area contributed by atoms with Crippen LogP contribution in [-0.2, 0) is 6.54 Å². The number of hydrogen-bond acceptors (Lipinski definition) is 8. The maximum Gasteiger partial charge on any atom is 0.407 e. The maximum absolute atomic E-state index is 11.0. The predicted molar refractivity (Wildman–Crippen MR) is 104 cm³/mol. The summed E-state index contributed by atoms with van der Waals surface area (Å²) in [6.07, 6.45) is 2.43. The van der Waals surface area contributed by atoms with E-state index < -0.39 is 6.09 Å². The van der Waals surface area contributed by atoms with Gasteiger partial charge in [-0.25, -0.2) is 14.8 Å². The fraction of sp³-hybridized carbons (Fsp3) is 0.412. The molecule has 0 saturated carbocycles. The predicted octanol–water partition coefficient (Wildman–Crippen LogP) is 1.83. The molecule has 0 radical (unpaired) electrons. The first-order valence-corrected chi connectivity index (χ1v) is 9.24. The van der Waals surface area contributed by atoms with E-state index in [9.17, 15) is 4.79 Å². The van der Waals surface area contributed by atoms with Crippen molar-refractivity contribution in [3.63, 3.8) is 0 Å². The van der Waals surface area contributed by atoms with Gasteiger partial charge in [-0.2, -0.15) is 5.26 Å². The summed E-state index contributed by atoms with van der Waals surface area (Å²) in [5, 5.41) is 21.7. The molecule has 0 unspecified atom stereocenters. The Hall–Kier alpha value is -2.74. The second-order valence-electron chi connectivity index (χ2n) is 5.76. The largest absolute Gasteiger partial charge is 0.465 e. The number of anilines is 2. The van der Waals surface area contributed by atoms with E-state index in [4.69, 9.17) is 10.4 Å². The molecule has 1 aliphatic rings. The summed E-state index contributed by atoms with van der Waals surface area (Å²) in [6.45, 7) is 5.24. The van der Waals surface area contributed by atoms with Gasteiger partial charge in [0.25, 0.3) is 0 Å². The van der Waals surface area contributed by atoms with E-state index in [-0.39, 0.29) is 0 Å². The topological polar surface area (TPSA) is 131 Å². The summed E-state index contributed by atoms with van der Waals surface area (Å²) in [5.74, 6) is 0.723. The molecule has 3 rings (SSSR count). The van der Waals surface area contributed by atoms with Crippen LogP contribution in [0.4, 0.5) is 15.7 Å². The molecular formula is C17H23N7O2S. The van der Waals surface area contributed by atoms with Crippen molar-refractivity contribution in [1.29, 1.82) is 5.26 Å². The first-order valence-electron chi connectivity index (χ1n) is 8.42. The van der Waals surface area contributed by atoms with Crippen molar-refractivity contribution >= 4 is 28.4 Å². The Morgan fingerprint density at radius 3 is 2.67 bits per heavy atom. The monoisotopic (exact) mass is 389 g/mol. The molecule has 3 heterocycles. The van der Waals surface area contributed by atoms with Gasteiger partial charge < -0.3 is 21.1 Å². The molecule has 0 aliphatic carbocycles. The highest BCUT2D eigenvalue weighted by molar-refractivity contribution is 7.16. The van der Waals surface area contributed by atoms with Crippen LogP contribution >= 0.6 is 11.3 Å². The summed E-state index contributed by atoms with van der Waals surface area (Å²) >= 11 is 1.29. The number of nitrogens with zero attached hydrogens (tertiary/aromatic N) is 5. The summed E-state index contributed by atoms with van der Waals surface area (Å²) in [6, 6.07) is 4.05. The van der Waals surface area contributed by atoms with Crippen LogP contribution in [0.25, 0.3) is 0 Å². The highest BCUT2D eigenvalue weighted by Gasteiger charge is 2.21. The normalized spacial score (nSPS) is 14.1. The van der Waals surface area contributed by atoms with Gasteiger partial charge in [-0.05, 0) is 31.2 Å². The fourth-order valence-electron chi connectivity index (χ4n) is 2.70. The fourth-order valence-corrected chi connectivity index (χ4v) is 3.31. The van der Waals surface area contributed by atoms with Crippen molar-refractivity contribution in [2.75, 3.05) is 38.5 Å². The molecule has 144 valence electrons. The zero-order valence-electron chi connectivity index (χ0n) is 15.3. The first kappa shape index (κ1) is 20.6. The van der Waals surface area contributed by atoms with Gasteiger partial charge in [-0.15, -0.1) is 0 Å². The summed E-state index contributed by atoms with van der Waals surface area (Å²) < 4.78 is 0. The molecule has 10 heteroatoms. The number of amides is 1. The zero-order chi connectivity index (χ0) is 19.8. The molecule has 1 aliphatic heterocycles. The van der Waals surface area contributed by atoms with Crippen molar-refractivity contribution in [1.82, 2.24) is 19.8 Å². The molecule has 1 saturated heterocycles. The van der Waals surface area contributed by atoms with E-state index in [1.807, 2.05) is 13.0 Å². The van der Waals surface area contributed by atoms with Gasteiger partial charge >= 0.3 is 6.09 Å². The highest BCUT2D eigenvalue weighted by Crippen LogP contribution is 2.25. The smallest absolute Gasteiger partial charge is 0.407 e. The number of hydrogen-bond donors (Lipinski definition) is 3. The number of rotatable bonds is 4. The van der Waals surface area contributed by atoms with Gasteiger partial charge in [0.15, 0.2) is 5.13 Å². The lowest BCUT2D eigenvalue weighted by molar-refractivity contribution is 0.103. The Morgan fingerprint density at radius 2 is 2.07 bits per heavy atom. The lowest BCUT2D eigenvalue weighted by Crippen LogP contribution is -2.47. The number of nitrogens with one attached hydrogen (secondary N) is 1. The van der Waals surface area contributed by atoms with Crippen molar-refractivity contribution in [3.8, 4) is 6.07 Å². The Morgan fingerprint density at radius 1 is 1.37 bits per heavy atom. The molecule has 1 amide bonds. The second kappa shape index (κ2) is 9.82. The summed E-state index contributed by atoms with van der Waals surface area (Å²) in [5.41, 5.74) is 6.66. The molecule has 2 aromatic rings. The quantitative estimate of drug-likeness (QED) is 0.722. The van der Waals surface area contributed by atoms with Crippen molar-refractivity contribution in [2.45, 2.75) is 13.5 Å². The standard InChI is InChI=1S/C16H18N6O2S.CH5N/c1-11-12(10-21-4-6-22(7-5-21)16(23)24)2-3-18-14(11)20-15-19-9-13(8-17)25-15;1-2/h2-3,9H,4-7,10H2,1H3,(H,23,24)(H,18,19,20);2H2,1H3. The van der Waals surface area contributed by atoms with Gasteiger partial charge in [0.2, 0.25) is 0 Å². The molecule has 0 aromatic carbocycles. The minimum Gasteiger partial charge on any atom is -0.465 e. The minimum atomic E-state index is -0.855. The van der Waals surface area contributed by atoms with Crippen molar-refractivity contribution < 1.29 is 9.90 Å². The van der Waals surface area contributed by atoms with Crippen LogP contribution in [0.15, 0.2) is 18.5 Å². The van der Waals surface area contributed by atoms with E-state index in [1.54, 1.807) is 6.20 Å². The molecule has 9 nitrogen and oxygen atoms in total. The number of carboxylic acid groups (broad SMARTS) is 1. The minimum absolute atomic E-state index is 0.528. The van der Waals surface area contributed by atoms with E-state index in [1.165, 1.54) is 29.5 Å². The van der Waals surface area contributed by atoms with Crippen LogP contribution in [0, 0.1) is 18.3 Å². The van der Waals surface area contributed by atoms with Crippen LogP contribution in [0.1, 0.15) is 16.0 Å². The van der Waals surface area contributed by atoms with Crippen LogP contribution in [0.5, 0.6) is 0 Å². The van der Waals surface area contributed by atoms with E-state index in [2.05, 4.69) is 32.0 Å². The molecule has 0 spiro atoms. The van der Waals surface area contributed by atoms with Crippen molar-refractivity contribution in [3.05, 3.63) is 34.5 Å². The third-order valence-electron chi connectivity index (χ3n) is 4.19. The number of carbonyl (C=O) groups is 1. The number of piperazine rings is 1. The van der Waals surface area contributed by atoms with E-state index in [0.29, 0.717) is 23.1 Å². The average Bonchev–Trinajstić information content (AvgIpc) is 3.15. The molecule has 4 N–H and O–H groups in total. The first-order chi connectivity index (χ1) is 13.1. The molecule has 1 fully saturated rings. The lowest BCUT2D eigenvalue weighted by Gasteiger charge is -2.33. The van der Waals surface area contributed by atoms with Gasteiger partial charge in [0.1, 0.15) is 16.8 Å². The SMILES string of the molecule is CN.Cc1c(CN2CCN(C(=O)O)CC2)ccnc1Nc1ncc(C#N)s1. The lowest BCUT2D eigenvalue weighted by atomic mass is 10.1. The number of nitrogens with two attached hydrogens (primary N) is 1. The molecule has 0 bridgehead atoms. The number of aromatic nitrogens is 2. The zero-order valence-corrected chi connectivity index (χ0v) is 16.2. The second-order valence-corrected chi connectivity index (χ2v) is 6.79. The Labute approximate surface area is 162 Å². The molecule has 0 atom stereocenters. The average molecular weight is 389 g/mol. The Bertz CT molecular complexity index is 810. The number of thiazole rings is 1. The molecule has 27 heavy (non-hydrogen) atoms. The van der Waals surface area contributed by atoms with Gasteiger partial charge in [-0.1, -0.05) is 11.3 Å². The van der Waals surface area contributed by atoms with Gasteiger partial charge in [0, 0.05) is 38.9 Å². The van der Waals surface area contributed by atoms with Gasteiger partial charge in [-0.3, -0.25) is 4.90 Å². The van der Waals surface area contributed by atoms with Crippen LogP contribution in [0.3, 0.4) is 0 Å². The molecule has 2 aromatic heterocycles.